The zero-order valence-corrected chi connectivity index (χ0v) is 10.0. The molecule has 2 rings (SSSR count). The van der Waals surface area contributed by atoms with Crippen molar-refractivity contribution < 1.29 is 5.11 Å². The second-order valence-electron chi connectivity index (χ2n) is 4.22. The third kappa shape index (κ3) is 1.86. The average molecular weight is 223 g/mol. The highest BCUT2D eigenvalue weighted by molar-refractivity contribution is 7.98. The van der Waals surface area contributed by atoms with Gasteiger partial charge in [-0.05, 0) is 44.7 Å². The molecule has 0 aliphatic carbocycles. The van der Waals surface area contributed by atoms with Crippen LogP contribution in [0.1, 0.15) is 25.3 Å². The van der Waals surface area contributed by atoms with Crippen LogP contribution in [0.4, 0.5) is 0 Å². The summed E-state index contributed by atoms with van der Waals surface area (Å²) in [6.07, 6.45) is 4.33. The van der Waals surface area contributed by atoms with E-state index in [4.69, 9.17) is 0 Å². The number of hydrogen-bond acceptors (Lipinski definition) is 3. The summed E-state index contributed by atoms with van der Waals surface area (Å²) in [5, 5.41) is 13.5. The number of benzene rings is 1. The number of rotatable bonds is 2. The SMILES string of the molecule is CSc1cccc(O)c1C1(C)CCCN1. The first-order valence-electron chi connectivity index (χ1n) is 5.29. The molecule has 1 aliphatic rings. The highest BCUT2D eigenvalue weighted by Crippen LogP contribution is 2.40. The van der Waals surface area contributed by atoms with E-state index in [1.165, 1.54) is 11.3 Å². The molecule has 1 aromatic carbocycles. The van der Waals surface area contributed by atoms with Crippen LogP contribution in [0.5, 0.6) is 5.75 Å². The van der Waals surface area contributed by atoms with Gasteiger partial charge in [0, 0.05) is 16.0 Å². The van der Waals surface area contributed by atoms with Crippen LogP contribution in [0.2, 0.25) is 0 Å². The molecule has 1 aliphatic heterocycles. The van der Waals surface area contributed by atoms with Gasteiger partial charge in [0.1, 0.15) is 5.75 Å². The second kappa shape index (κ2) is 4.06. The van der Waals surface area contributed by atoms with Gasteiger partial charge in [0.25, 0.3) is 0 Å². The van der Waals surface area contributed by atoms with E-state index in [-0.39, 0.29) is 5.54 Å². The van der Waals surface area contributed by atoms with Crippen molar-refractivity contribution in [3.8, 4) is 5.75 Å². The highest BCUT2D eigenvalue weighted by Gasteiger charge is 2.34. The van der Waals surface area contributed by atoms with E-state index in [2.05, 4.69) is 24.6 Å². The average Bonchev–Trinajstić information content (AvgIpc) is 2.65. The van der Waals surface area contributed by atoms with Crippen LogP contribution in [0, 0.1) is 0 Å². The molecule has 0 spiro atoms. The van der Waals surface area contributed by atoms with Gasteiger partial charge >= 0.3 is 0 Å². The standard InChI is InChI=1S/C12H17NOS/c1-12(7-4-8-13-12)11-9(14)5-3-6-10(11)15-2/h3,5-6,13-14H,4,7-8H2,1-2H3. The van der Waals surface area contributed by atoms with E-state index in [9.17, 15) is 5.11 Å². The van der Waals surface area contributed by atoms with E-state index >= 15 is 0 Å². The summed E-state index contributed by atoms with van der Waals surface area (Å²) in [6, 6.07) is 5.76. The lowest BCUT2D eigenvalue weighted by molar-refractivity contribution is 0.387. The molecule has 1 fully saturated rings. The smallest absolute Gasteiger partial charge is 0.121 e. The number of phenolic OH excluding ortho intramolecular Hbond substituents is 1. The molecule has 0 amide bonds. The van der Waals surface area contributed by atoms with Crippen LogP contribution in [0.15, 0.2) is 23.1 Å². The monoisotopic (exact) mass is 223 g/mol. The molecule has 2 nitrogen and oxygen atoms in total. The molecule has 1 heterocycles. The Morgan fingerprint density at radius 3 is 2.87 bits per heavy atom. The Balaban J connectivity index is 2.49. The third-order valence-electron chi connectivity index (χ3n) is 3.14. The van der Waals surface area contributed by atoms with Crippen LogP contribution >= 0.6 is 11.8 Å². The molecule has 1 atom stereocenters. The van der Waals surface area contributed by atoms with Crippen molar-refractivity contribution in [2.45, 2.75) is 30.2 Å². The minimum Gasteiger partial charge on any atom is -0.508 e. The number of aromatic hydroxyl groups is 1. The first kappa shape index (κ1) is 10.8. The maximum absolute atomic E-state index is 9.99. The van der Waals surface area contributed by atoms with Gasteiger partial charge < -0.3 is 10.4 Å². The lowest BCUT2D eigenvalue weighted by Gasteiger charge is -2.28. The molecule has 1 unspecified atom stereocenters. The van der Waals surface area contributed by atoms with Gasteiger partial charge in [-0.15, -0.1) is 11.8 Å². The normalized spacial score (nSPS) is 25.7. The molecule has 1 aromatic rings. The Kier molecular flexibility index (Phi) is 2.94. The first-order chi connectivity index (χ1) is 7.17. The summed E-state index contributed by atoms with van der Waals surface area (Å²) < 4.78 is 0. The third-order valence-corrected chi connectivity index (χ3v) is 3.92. The van der Waals surface area contributed by atoms with Crippen LogP contribution in [-0.4, -0.2) is 17.9 Å². The van der Waals surface area contributed by atoms with Gasteiger partial charge in [-0.25, -0.2) is 0 Å². The van der Waals surface area contributed by atoms with Crippen LogP contribution < -0.4 is 5.32 Å². The number of hydrogen-bond donors (Lipinski definition) is 2. The van der Waals surface area contributed by atoms with E-state index in [0.29, 0.717) is 5.75 Å². The predicted octanol–water partition coefficient (Wildman–Crippen LogP) is 2.71. The summed E-state index contributed by atoms with van der Waals surface area (Å²) in [5.74, 6) is 0.416. The zero-order chi connectivity index (χ0) is 10.9. The Morgan fingerprint density at radius 2 is 2.27 bits per heavy atom. The predicted molar refractivity (Wildman–Crippen MR) is 64.5 cm³/mol. The van der Waals surface area contributed by atoms with Gasteiger partial charge in [0.05, 0.1) is 0 Å². The van der Waals surface area contributed by atoms with Crippen molar-refractivity contribution in [1.82, 2.24) is 5.32 Å². The topological polar surface area (TPSA) is 32.3 Å². The quantitative estimate of drug-likeness (QED) is 0.756. The molecular weight excluding hydrogens is 206 g/mol. The minimum atomic E-state index is -0.0519. The van der Waals surface area contributed by atoms with Crippen molar-refractivity contribution in [3.63, 3.8) is 0 Å². The number of thioether (sulfide) groups is 1. The first-order valence-corrected chi connectivity index (χ1v) is 6.51. The Morgan fingerprint density at radius 1 is 1.47 bits per heavy atom. The summed E-state index contributed by atoms with van der Waals surface area (Å²) in [6.45, 7) is 3.22. The molecule has 0 saturated carbocycles. The van der Waals surface area contributed by atoms with Crippen molar-refractivity contribution in [2.75, 3.05) is 12.8 Å². The van der Waals surface area contributed by atoms with E-state index in [1.54, 1.807) is 17.8 Å². The van der Waals surface area contributed by atoms with E-state index in [0.717, 1.165) is 18.5 Å². The maximum atomic E-state index is 9.99. The molecule has 82 valence electrons. The van der Waals surface area contributed by atoms with Gasteiger partial charge in [-0.3, -0.25) is 0 Å². The summed E-state index contributed by atoms with van der Waals surface area (Å²) >= 11 is 1.69. The molecule has 0 bridgehead atoms. The fourth-order valence-electron chi connectivity index (χ4n) is 2.35. The van der Waals surface area contributed by atoms with Crippen LogP contribution in [0.25, 0.3) is 0 Å². The maximum Gasteiger partial charge on any atom is 0.121 e. The van der Waals surface area contributed by atoms with Crippen molar-refractivity contribution in [1.29, 1.82) is 0 Å². The number of nitrogens with one attached hydrogen (secondary N) is 1. The summed E-state index contributed by atoms with van der Waals surface area (Å²) in [7, 11) is 0. The van der Waals surface area contributed by atoms with E-state index in [1.807, 2.05) is 6.07 Å². The molecule has 0 aromatic heterocycles. The largest absolute Gasteiger partial charge is 0.508 e. The zero-order valence-electron chi connectivity index (χ0n) is 9.21. The van der Waals surface area contributed by atoms with E-state index < -0.39 is 0 Å². The highest BCUT2D eigenvalue weighted by atomic mass is 32.2. The van der Waals surface area contributed by atoms with Crippen molar-refractivity contribution in [3.05, 3.63) is 23.8 Å². The molecular formula is C12H17NOS. The van der Waals surface area contributed by atoms with Gasteiger partial charge in [-0.1, -0.05) is 6.07 Å². The molecule has 0 radical (unpaired) electrons. The fourth-order valence-corrected chi connectivity index (χ4v) is 3.10. The van der Waals surface area contributed by atoms with Gasteiger partial charge in [-0.2, -0.15) is 0 Å². The second-order valence-corrected chi connectivity index (χ2v) is 5.06. The van der Waals surface area contributed by atoms with Crippen molar-refractivity contribution >= 4 is 11.8 Å². The summed E-state index contributed by atoms with van der Waals surface area (Å²) in [4.78, 5) is 1.17. The van der Waals surface area contributed by atoms with Crippen molar-refractivity contribution in [2.24, 2.45) is 0 Å². The lowest BCUT2D eigenvalue weighted by atomic mass is 9.90. The molecule has 3 heteroatoms. The van der Waals surface area contributed by atoms with Crippen LogP contribution in [0.3, 0.4) is 0 Å². The Hall–Kier alpha value is -0.670. The van der Waals surface area contributed by atoms with Gasteiger partial charge in [0.2, 0.25) is 0 Å². The lowest BCUT2D eigenvalue weighted by Crippen LogP contribution is -2.33. The van der Waals surface area contributed by atoms with Gasteiger partial charge in [0.15, 0.2) is 0 Å². The minimum absolute atomic E-state index is 0.0519. The van der Waals surface area contributed by atoms with Crippen LogP contribution in [-0.2, 0) is 5.54 Å². The Bertz CT molecular complexity index is 359. The number of phenols is 1. The summed E-state index contributed by atoms with van der Waals surface area (Å²) in [5.41, 5.74) is 1.01. The molecule has 15 heavy (non-hydrogen) atoms. The molecule has 2 N–H and O–H groups in total. The fraction of sp³-hybridized carbons (Fsp3) is 0.500. The Labute approximate surface area is 95.1 Å². The molecule has 1 saturated heterocycles.